The highest BCUT2D eigenvalue weighted by molar-refractivity contribution is 5.61. The van der Waals surface area contributed by atoms with Gasteiger partial charge in [0.1, 0.15) is 5.75 Å². The predicted octanol–water partition coefficient (Wildman–Crippen LogP) is 3.73. The van der Waals surface area contributed by atoms with E-state index in [0.29, 0.717) is 0 Å². The molecule has 0 bridgehead atoms. The van der Waals surface area contributed by atoms with Gasteiger partial charge in [0.05, 0.1) is 7.11 Å². The normalized spacial score (nSPS) is 27.1. The molecule has 21 heavy (non-hydrogen) atoms. The summed E-state index contributed by atoms with van der Waals surface area (Å²) in [6.07, 6.45) is 7.02. The van der Waals surface area contributed by atoms with Crippen LogP contribution in [0.2, 0.25) is 0 Å². The Morgan fingerprint density at radius 3 is 2.67 bits per heavy atom. The van der Waals surface area contributed by atoms with Crippen molar-refractivity contribution < 1.29 is 4.74 Å². The van der Waals surface area contributed by atoms with Crippen molar-refractivity contribution in [2.24, 2.45) is 17.6 Å². The number of ether oxygens (including phenoxy) is 1. The van der Waals surface area contributed by atoms with Crippen molar-refractivity contribution in [3.05, 3.63) is 23.8 Å². The lowest BCUT2D eigenvalue weighted by molar-refractivity contribution is 0.202. The first-order valence-electron chi connectivity index (χ1n) is 8.38. The Morgan fingerprint density at radius 2 is 1.95 bits per heavy atom. The summed E-state index contributed by atoms with van der Waals surface area (Å²) < 4.78 is 5.54. The number of fused-ring (bicyclic) bond motifs is 1. The van der Waals surface area contributed by atoms with Crippen molar-refractivity contribution in [1.29, 1.82) is 0 Å². The van der Waals surface area contributed by atoms with Gasteiger partial charge in [-0.2, -0.15) is 0 Å². The summed E-state index contributed by atoms with van der Waals surface area (Å²) >= 11 is 0. The highest BCUT2D eigenvalue weighted by atomic mass is 16.5. The molecule has 2 fully saturated rings. The lowest BCUT2D eigenvalue weighted by Gasteiger charge is -2.43. The van der Waals surface area contributed by atoms with Crippen LogP contribution in [0.5, 0.6) is 5.75 Å². The van der Waals surface area contributed by atoms with E-state index in [2.05, 4.69) is 24.0 Å². The zero-order valence-corrected chi connectivity index (χ0v) is 13.3. The number of hydrogen-bond acceptors (Lipinski definition) is 3. The summed E-state index contributed by atoms with van der Waals surface area (Å²) in [6, 6.07) is 6.33. The van der Waals surface area contributed by atoms with E-state index in [4.69, 9.17) is 10.5 Å². The Balaban J connectivity index is 1.86. The molecular weight excluding hydrogens is 260 g/mol. The molecule has 1 heterocycles. The Bertz CT molecular complexity index is 486. The van der Waals surface area contributed by atoms with Crippen LogP contribution in [-0.4, -0.2) is 20.2 Å². The highest BCUT2D eigenvalue weighted by Crippen LogP contribution is 2.40. The van der Waals surface area contributed by atoms with E-state index in [9.17, 15) is 0 Å². The molecule has 0 amide bonds. The van der Waals surface area contributed by atoms with Crippen LogP contribution in [0, 0.1) is 11.8 Å². The first kappa shape index (κ1) is 14.7. The third kappa shape index (κ3) is 2.89. The topological polar surface area (TPSA) is 38.5 Å². The number of nitrogens with two attached hydrogens (primary N) is 1. The maximum Gasteiger partial charge on any atom is 0.125 e. The third-order valence-corrected chi connectivity index (χ3v) is 5.35. The second-order valence-corrected chi connectivity index (χ2v) is 6.72. The average Bonchev–Trinajstić information content (AvgIpc) is 2.53. The quantitative estimate of drug-likeness (QED) is 0.921. The smallest absolute Gasteiger partial charge is 0.125 e. The molecule has 3 atom stereocenters. The Kier molecular flexibility index (Phi) is 4.39. The molecule has 116 valence electrons. The van der Waals surface area contributed by atoms with E-state index in [0.717, 1.165) is 29.7 Å². The molecule has 3 heteroatoms. The highest BCUT2D eigenvalue weighted by Gasteiger charge is 2.32. The van der Waals surface area contributed by atoms with E-state index in [-0.39, 0.29) is 6.04 Å². The van der Waals surface area contributed by atoms with E-state index in [1.807, 2.05) is 6.07 Å². The third-order valence-electron chi connectivity index (χ3n) is 5.35. The molecule has 1 saturated carbocycles. The van der Waals surface area contributed by atoms with Crippen LogP contribution in [-0.2, 0) is 0 Å². The van der Waals surface area contributed by atoms with Crippen LogP contribution in [0.15, 0.2) is 18.2 Å². The fourth-order valence-electron chi connectivity index (χ4n) is 4.26. The van der Waals surface area contributed by atoms with E-state index >= 15 is 0 Å². The molecule has 2 aliphatic rings. The molecule has 1 aromatic carbocycles. The van der Waals surface area contributed by atoms with E-state index < -0.39 is 0 Å². The first-order valence-corrected chi connectivity index (χ1v) is 8.38. The van der Waals surface area contributed by atoms with Crippen LogP contribution in [0.25, 0.3) is 0 Å². The maximum absolute atomic E-state index is 6.22. The van der Waals surface area contributed by atoms with Crippen LogP contribution in [0.4, 0.5) is 5.69 Å². The summed E-state index contributed by atoms with van der Waals surface area (Å²) in [5, 5.41) is 0. The zero-order chi connectivity index (χ0) is 14.8. The van der Waals surface area contributed by atoms with Crippen molar-refractivity contribution >= 4 is 5.69 Å². The molecule has 2 N–H and O–H groups in total. The molecule has 1 aliphatic carbocycles. The predicted molar refractivity (Wildman–Crippen MR) is 87.9 cm³/mol. The molecule has 0 radical (unpaired) electrons. The molecule has 1 aromatic rings. The van der Waals surface area contributed by atoms with Crippen molar-refractivity contribution in [2.45, 2.75) is 45.1 Å². The molecule has 0 spiro atoms. The average molecular weight is 288 g/mol. The lowest BCUT2D eigenvalue weighted by atomic mass is 9.75. The van der Waals surface area contributed by atoms with Gasteiger partial charge < -0.3 is 15.4 Å². The van der Waals surface area contributed by atoms with Gasteiger partial charge in [0.2, 0.25) is 0 Å². The second-order valence-electron chi connectivity index (χ2n) is 6.72. The minimum atomic E-state index is 0.000212. The Morgan fingerprint density at radius 1 is 1.19 bits per heavy atom. The fraction of sp³-hybridized carbons (Fsp3) is 0.667. The number of anilines is 1. The van der Waals surface area contributed by atoms with Crippen LogP contribution < -0.4 is 15.4 Å². The molecule has 3 rings (SSSR count). The summed E-state index contributed by atoms with van der Waals surface area (Å²) in [6.45, 7) is 4.40. The monoisotopic (exact) mass is 288 g/mol. The zero-order valence-electron chi connectivity index (χ0n) is 13.3. The second kappa shape index (κ2) is 6.27. The summed E-state index contributed by atoms with van der Waals surface area (Å²) in [4.78, 5) is 2.55. The van der Waals surface area contributed by atoms with Gasteiger partial charge in [-0.3, -0.25) is 0 Å². The van der Waals surface area contributed by atoms with Crippen molar-refractivity contribution in [1.82, 2.24) is 0 Å². The Hall–Kier alpha value is -1.22. The number of hydrogen-bond donors (Lipinski definition) is 1. The van der Waals surface area contributed by atoms with Crippen LogP contribution in [0.1, 0.15) is 50.6 Å². The lowest BCUT2D eigenvalue weighted by Crippen LogP contribution is -2.42. The molecule has 0 aromatic heterocycles. The van der Waals surface area contributed by atoms with Gasteiger partial charge in [-0.05, 0) is 43.7 Å². The molecular formula is C18H28N2O. The van der Waals surface area contributed by atoms with Gasteiger partial charge in [-0.25, -0.2) is 0 Å². The van der Waals surface area contributed by atoms with Crippen LogP contribution >= 0.6 is 0 Å². The number of piperidine rings is 1. The SMILES string of the molecule is COc1cccc(N2CCC3CCCCC3C2)c1C(C)N. The minimum absolute atomic E-state index is 0.000212. The summed E-state index contributed by atoms with van der Waals surface area (Å²) in [5.41, 5.74) is 8.67. The molecule has 1 saturated heterocycles. The first-order chi connectivity index (χ1) is 10.2. The minimum Gasteiger partial charge on any atom is -0.496 e. The van der Waals surface area contributed by atoms with Crippen molar-refractivity contribution in [3.63, 3.8) is 0 Å². The van der Waals surface area contributed by atoms with Gasteiger partial charge in [0.25, 0.3) is 0 Å². The maximum atomic E-state index is 6.22. The summed E-state index contributed by atoms with van der Waals surface area (Å²) in [5.74, 6) is 2.76. The molecule has 3 nitrogen and oxygen atoms in total. The van der Waals surface area contributed by atoms with Crippen molar-refractivity contribution in [2.75, 3.05) is 25.1 Å². The van der Waals surface area contributed by atoms with Gasteiger partial charge in [-0.1, -0.05) is 25.3 Å². The molecule has 3 unspecified atom stereocenters. The number of nitrogens with zero attached hydrogens (tertiary/aromatic N) is 1. The van der Waals surface area contributed by atoms with Gasteiger partial charge in [0, 0.05) is 30.4 Å². The fourth-order valence-corrected chi connectivity index (χ4v) is 4.26. The van der Waals surface area contributed by atoms with Gasteiger partial charge >= 0.3 is 0 Å². The number of rotatable bonds is 3. The van der Waals surface area contributed by atoms with E-state index in [1.54, 1.807) is 7.11 Å². The Labute approximate surface area is 128 Å². The summed E-state index contributed by atoms with van der Waals surface area (Å²) in [7, 11) is 1.73. The van der Waals surface area contributed by atoms with E-state index in [1.165, 1.54) is 44.3 Å². The van der Waals surface area contributed by atoms with Gasteiger partial charge in [-0.15, -0.1) is 0 Å². The number of methoxy groups -OCH3 is 1. The van der Waals surface area contributed by atoms with Crippen molar-refractivity contribution in [3.8, 4) is 5.75 Å². The standard InChI is InChI=1S/C18H28N2O/c1-13(19)18-16(8-5-9-17(18)21-2)20-11-10-14-6-3-4-7-15(14)12-20/h5,8-9,13-15H,3-4,6-7,10-12,19H2,1-2H3. The van der Waals surface area contributed by atoms with Gasteiger partial charge in [0.15, 0.2) is 0 Å². The number of benzene rings is 1. The van der Waals surface area contributed by atoms with Crippen LogP contribution in [0.3, 0.4) is 0 Å². The largest absolute Gasteiger partial charge is 0.496 e. The molecule has 1 aliphatic heterocycles.